The number of amides is 2. The van der Waals surface area contributed by atoms with E-state index in [2.05, 4.69) is 5.32 Å². The first-order chi connectivity index (χ1) is 15.1. The summed E-state index contributed by atoms with van der Waals surface area (Å²) < 4.78 is 19.2. The van der Waals surface area contributed by atoms with Crippen molar-refractivity contribution in [2.45, 2.75) is 58.0 Å². The number of benzene rings is 2. The van der Waals surface area contributed by atoms with Gasteiger partial charge >= 0.3 is 0 Å². The second kappa shape index (κ2) is 11.9. The number of carbonyl (C=O) groups is 2. The molecule has 2 amide bonds. The zero-order valence-electron chi connectivity index (χ0n) is 19.5. The Morgan fingerprint density at radius 2 is 1.88 bits per heavy atom. The molecule has 0 saturated heterocycles. The van der Waals surface area contributed by atoms with Crippen LogP contribution in [-0.2, 0) is 21.9 Å². The van der Waals surface area contributed by atoms with Gasteiger partial charge in [-0.3, -0.25) is 9.59 Å². The second-order valence-corrected chi connectivity index (χ2v) is 9.61. The summed E-state index contributed by atoms with van der Waals surface area (Å²) in [5.74, 6) is 0.599. The van der Waals surface area contributed by atoms with E-state index in [9.17, 15) is 14.0 Å². The van der Waals surface area contributed by atoms with Gasteiger partial charge in [-0.25, -0.2) is 4.39 Å². The highest BCUT2D eigenvalue weighted by atomic mass is 32.2. The Hall–Kier alpha value is -2.54. The Labute approximate surface area is 194 Å². The molecule has 0 heterocycles. The molecule has 0 bridgehead atoms. The van der Waals surface area contributed by atoms with E-state index in [1.165, 1.54) is 17.8 Å². The molecule has 0 aliphatic heterocycles. The predicted molar refractivity (Wildman–Crippen MR) is 128 cm³/mol. The molecule has 2 rings (SSSR count). The van der Waals surface area contributed by atoms with Crippen LogP contribution in [0.5, 0.6) is 5.75 Å². The molecule has 2 aromatic carbocycles. The van der Waals surface area contributed by atoms with Gasteiger partial charge < -0.3 is 15.0 Å². The SMILES string of the molecule is CC[C@H](C(=O)NC(C)(C)C)N(Cc1cccc(OC)c1)C(=O)CSCc1ccccc1F. The quantitative estimate of drug-likeness (QED) is 0.554. The van der Waals surface area contributed by atoms with Crippen molar-refractivity contribution in [2.24, 2.45) is 0 Å². The minimum absolute atomic E-state index is 0.150. The topological polar surface area (TPSA) is 58.6 Å². The zero-order valence-corrected chi connectivity index (χ0v) is 20.3. The van der Waals surface area contributed by atoms with Crippen LogP contribution < -0.4 is 10.1 Å². The van der Waals surface area contributed by atoms with Crippen LogP contribution in [0.1, 0.15) is 45.2 Å². The van der Waals surface area contributed by atoms with Crippen LogP contribution in [0.3, 0.4) is 0 Å². The highest BCUT2D eigenvalue weighted by Crippen LogP contribution is 2.21. The average molecular weight is 461 g/mol. The van der Waals surface area contributed by atoms with Gasteiger partial charge in [-0.05, 0) is 56.5 Å². The molecule has 32 heavy (non-hydrogen) atoms. The molecular weight excluding hydrogens is 427 g/mol. The molecule has 0 aliphatic carbocycles. The third-order valence-electron chi connectivity index (χ3n) is 4.81. The van der Waals surface area contributed by atoms with Gasteiger partial charge in [0.2, 0.25) is 11.8 Å². The first kappa shape index (κ1) is 25.7. The van der Waals surface area contributed by atoms with E-state index in [1.54, 1.807) is 30.2 Å². The van der Waals surface area contributed by atoms with Gasteiger partial charge in [-0.15, -0.1) is 11.8 Å². The highest BCUT2D eigenvalue weighted by molar-refractivity contribution is 7.99. The monoisotopic (exact) mass is 460 g/mol. The van der Waals surface area contributed by atoms with Crippen molar-refractivity contribution in [1.29, 1.82) is 0 Å². The molecule has 1 atom stereocenters. The maximum atomic E-state index is 13.9. The van der Waals surface area contributed by atoms with Crippen LogP contribution in [0, 0.1) is 5.82 Å². The molecule has 7 heteroatoms. The molecule has 5 nitrogen and oxygen atoms in total. The summed E-state index contributed by atoms with van der Waals surface area (Å²) in [4.78, 5) is 27.9. The average Bonchev–Trinajstić information content (AvgIpc) is 2.73. The number of rotatable bonds is 10. The van der Waals surface area contributed by atoms with Crippen molar-refractivity contribution < 1.29 is 18.7 Å². The lowest BCUT2D eigenvalue weighted by molar-refractivity contribution is -0.140. The summed E-state index contributed by atoms with van der Waals surface area (Å²) in [6, 6.07) is 13.4. The number of hydrogen-bond acceptors (Lipinski definition) is 4. The van der Waals surface area contributed by atoms with Crippen molar-refractivity contribution in [3.05, 3.63) is 65.5 Å². The predicted octanol–water partition coefficient (Wildman–Crippen LogP) is 4.79. The molecule has 0 unspecified atom stereocenters. The summed E-state index contributed by atoms with van der Waals surface area (Å²) in [6.45, 7) is 7.92. The van der Waals surface area contributed by atoms with Crippen LogP contribution in [0.15, 0.2) is 48.5 Å². The van der Waals surface area contributed by atoms with Crippen LogP contribution in [0.4, 0.5) is 4.39 Å². The Morgan fingerprint density at radius 1 is 1.16 bits per heavy atom. The fourth-order valence-electron chi connectivity index (χ4n) is 3.29. The molecule has 1 N–H and O–H groups in total. The highest BCUT2D eigenvalue weighted by Gasteiger charge is 2.30. The van der Waals surface area contributed by atoms with Crippen molar-refractivity contribution in [2.75, 3.05) is 12.9 Å². The Kier molecular flexibility index (Phi) is 9.57. The standard InChI is InChI=1S/C25H33FN2O3S/c1-6-22(24(30)27-25(2,3)4)28(15-18-10-9-12-20(14-18)31-5)23(29)17-32-16-19-11-7-8-13-21(19)26/h7-14,22H,6,15-17H2,1-5H3,(H,27,30)/t22-/m1/s1. The van der Waals surface area contributed by atoms with Crippen molar-refractivity contribution in [3.63, 3.8) is 0 Å². The number of nitrogens with zero attached hydrogens (tertiary/aromatic N) is 1. The van der Waals surface area contributed by atoms with E-state index in [0.29, 0.717) is 23.5 Å². The normalized spacial score (nSPS) is 12.2. The number of ether oxygens (including phenoxy) is 1. The molecule has 2 aromatic rings. The number of carbonyl (C=O) groups excluding carboxylic acids is 2. The third kappa shape index (κ3) is 7.86. The summed E-state index contributed by atoms with van der Waals surface area (Å²) in [6.07, 6.45) is 0.482. The van der Waals surface area contributed by atoms with Crippen LogP contribution >= 0.6 is 11.8 Å². The molecular formula is C25H33FN2O3S. The van der Waals surface area contributed by atoms with Gasteiger partial charge in [0.1, 0.15) is 17.6 Å². The zero-order chi connectivity index (χ0) is 23.7. The molecule has 0 fully saturated rings. The lowest BCUT2D eigenvalue weighted by atomic mass is 10.1. The van der Waals surface area contributed by atoms with Gasteiger partial charge in [-0.1, -0.05) is 37.3 Å². The van der Waals surface area contributed by atoms with Gasteiger partial charge in [0.15, 0.2) is 0 Å². The molecule has 0 radical (unpaired) electrons. The summed E-state index contributed by atoms with van der Waals surface area (Å²) in [7, 11) is 1.59. The Balaban J connectivity index is 2.19. The smallest absolute Gasteiger partial charge is 0.243 e. The van der Waals surface area contributed by atoms with Crippen molar-refractivity contribution >= 4 is 23.6 Å². The van der Waals surface area contributed by atoms with E-state index in [0.717, 1.165) is 5.56 Å². The number of thioether (sulfide) groups is 1. The van der Waals surface area contributed by atoms with E-state index in [-0.39, 0.29) is 29.9 Å². The number of nitrogens with one attached hydrogen (secondary N) is 1. The largest absolute Gasteiger partial charge is 0.497 e. The van der Waals surface area contributed by atoms with Crippen molar-refractivity contribution in [3.8, 4) is 5.75 Å². The number of hydrogen-bond donors (Lipinski definition) is 1. The maximum absolute atomic E-state index is 13.9. The first-order valence-electron chi connectivity index (χ1n) is 10.7. The minimum atomic E-state index is -0.609. The van der Waals surface area contributed by atoms with E-state index in [4.69, 9.17) is 4.74 Å². The Bertz CT molecular complexity index is 914. The number of methoxy groups -OCH3 is 1. The molecule has 174 valence electrons. The second-order valence-electron chi connectivity index (χ2n) is 8.62. The summed E-state index contributed by atoms with van der Waals surface area (Å²) in [5.41, 5.74) is 1.02. The fourth-order valence-corrected chi connectivity index (χ4v) is 4.18. The Morgan fingerprint density at radius 3 is 2.50 bits per heavy atom. The van der Waals surface area contributed by atoms with Gasteiger partial charge in [-0.2, -0.15) is 0 Å². The maximum Gasteiger partial charge on any atom is 0.243 e. The molecule has 0 aliphatic rings. The lowest BCUT2D eigenvalue weighted by Gasteiger charge is -2.33. The van der Waals surface area contributed by atoms with E-state index in [1.807, 2.05) is 52.0 Å². The summed E-state index contributed by atoms with van der Waals surface area (Å²) in [5, 5.41) is 2.99. The third-order valence-corrected chi connectivity index (χ3v) is 5.78. The summed E-state index contributed by atoms with van der Waals surface area (Å²) >= 11 is 1.34. The lowest BCUT2D eigenvalue weighted by Crippen LogP contribution is -2.53. The first-order valence-corrected chi connectivity index (χ1v) is 11.9. The van der Waals surface area contributed by atoms with Crippen LogP contribution in [-0.4, -0.2) is 41.2 Å². The number of halogens is 1. The molecule has 0 aromatic heterocycles. The fraction of sp³-hybridized carbons (Fsp3) is 0.440. The van der Waals surface area contributed by atoms with Crippen LogP contribution in [0.25, 0.3) is 0 Å². The minimum Gasteiger partial charge on any atom is -0.497 e. The molecule has 0 spiro atoms. The molecule has 0 saturated carbocycles. The van der Waals surface area contributed by atoms with E-state index < -0.39 is 11.6 Å². The van der Waals surface area contributed by atoms with E-state index >= 15 is 0 Å². The van der Waals surface area contributed by atoms with Crippen LogP contribution in [0.2, 0.25) is 0 Å². The van der Waals surface area contributed by atoms with Crippen molar-refractivity contribution in [1.82, 2.24) is 10.2 Å². The van der Waals surface area contributed by atoms with Gasteiger partial charge in [0.25, 0.3) is 0 Å². The van der Waals surface area contributed by atoms with Gasteiger partial charge in [0, 0.05) is 17.8 Å². The van der Waals surface area contributed by atoms with Gasteiger partial charge in [0.05, 0.1) is 12.9 Å².